The fourth-order valence-electron chi connectivity index (χ4n) is 3.15. The van der Waals surface area contributed by atoms with Gasteiger partial charge in [-0.1, -0.05) is 18.6 Å². The number of aryl methyl sites for hydroxylation is 1. The highest BCUT2D eigenvalue weighted by molar-refractivity contribution is 5.79. The summed E-state index contributed by atoms with van der Waals surface area (Å²) in [6.07, 6.45) is 8.14. The van der Waals surface area contributed by atoms with Crippen LogP contribution in [-0.2, 0) is 20.1 Å². The van der Waals surface area contributed by atoms with Crippen LogP contribution in [0.15, 0.2) is 35.6 Å². The summed E-state index contributed by atoms with van der Waals surface area (Å²) in [6.45, 7) is 1.25. The Balaban J connectivity index is 1.49. The molecule has 1 aromatic heterocycles. The summed E-state index contributed by atoms with van der Waals surface area (Å²) in [4.78, 5) is 8.45. The van der Waals surface area contributed by atoms with Gasteiger partial charge >= 0.3 is 0 Å². The van der Waals surface area contributed by atoms with Crippen molar-refractivity contribution in [3.05, 3.63) is 42.0 Å². The molecule has 2 aromatic rings. The van der Waals surface area contributed by atoms with E-state index in [0.29, 0.717) is 19.2 Å². The van der Waals surface area contributed by atoms with Crippen LogP contribution in [0, 0.1) is 0 Å². The molecule has 140 valence electrons. The summed E-state index contributed by atoms with van der Waals surface area (Å²) in [6, 6.07) is 8.29. The van der Waals surface area contributed by atoms with Gasteiger partial charge in [0, 0.05) is 20.6 Å². The molecule has 0 spiro atoms. The lowest BCUT2D eigenvalue weighted by molar-refractivity contribution is 0.155. The molecule has 7 nitrogen and oxygen atoms in total. The van der Waals surface area contributed by atoms with E-state index in [2.05, 4.69) is 37.8 Å². The number of ether oxygens (including phenoxy) is 1. The van der Waals surface area contributed by atoms with E-state index in [1.165, 1.54) is 37.7 Å². The summed E-state index contributed by atoms with van der Waals surface area (Å²) >= 11 is 0. The summed E-state index contributed by atoms with van der Waals surface area (Å²) in [5, 5.41) is 10.6. The minimum atomic E-state index is 0.368. The maximum Gasteiger partial charge on any atom is 0.191 e. The Kier molecular flexibility index (Phi) is 6.46. The van der Waals surface area contributed by atoms with Crippen molar-refractivity contribution in [2.45, 2.75) is 51.3 Å². The largest absolute Gasteiger partial charge is 0.490 e. The second-order valence-electron chi connectivity index (χ2n) is 6.60. The number of rotatable bonds is 6. The third-order valence-corrected chi connectivity index (χ3v) is 4.66. The zero-order chi connectivity index (χ0) is 18.2. The van der Waals surface area contributed by atoms with E-state index in [1.807, 2.05) is 19.2 Å². The van der Waals surface area contributed by atoms with Gasteiger partial charge in [0.2, 0.25) is 0 Å². The van der Waals surface area contributed by atoms with Crippen LogP contribution in [0.3, 0.4) is 0 Å². The number of guanidine groups is 1. The maximum atomic E-state index is 6.15. The van der Waals surface area contributed by atoms with Crippen LogP contribution >= 0.6 is 0 Å². The second kappa shape index (κ2) is 9.22. The van der Waals surface area contributed by atoms with Crippen LogP contribution < -0.4 is 15.4 Å². The first kappa shape index (κ1) is 18.2. The Hall–Kier alpha value is -2.57. The van der Waals surface area contributed by atoms with Crippen LogP contribution in [0.2, 0.25) is 0 Å². The smallest absolute Gasteiger partial charge is 0.191 e. The van der Waals surface area contributed by atoms with Crippen molar-refractivity contribution in [1.82, 2.24) is 25.4 Å². The fraction of sp³-hybridized carbons (Fsp3) is 0.526. The van der Waals surface area contributed by atoms with Gasteiger partial charge in [-0.15, -0.1) is 0 Å². The topological polar surface area (TPSA) is 76.4 Å². The third-order valence-electron chi connectivity index (χ3n) is 4.66. The Labute approximate surface area is 154 Å². The zero-order valence-electron chi connectivity index (χ0n) is 15.6. The molecule has 1 aliphatic carbocycles. The quantitative estimate of drug-likeness (QED) is 0.614. The molecular formula is C19H28N6O. The predicted molar refractivity (Wildman–Crippen MR) is 102 cm³/mol. The van der Waals surface area contributed by atoms with Crippen LogP contribution in [0.25, 0.3) is 0 Å². The average molecular weight is 356 g/mol. The first-order chi connectivity index (χ1) is 12.7. The molecule has 3 rings (SSSR count). The first-order valence-corrected chi connectivity index (χ1v) is 9.27. The third kappa shape index (κ3) is 5.21. The second-order valence-corrected chi connectivity index (χ2v) is 6.60. The first-order valence-electron chi connectivity index (χ1n) is 9.27. The highest BCUT2D eigenvalue weighted by atomic mass is 16.5. The van der Waals surface area contributed by atoms with Gasteiger partial charge < -0.3 is 15.4 Å². The van der Waals surface area contributed by atoms with Gasteiger partial charge in [0.25, 0.3) is 0 Å². The van der Waals surface area contributed by atoms with Crippen molar-refractivity contribution in [3.8, 4) is 5.75 Å². The average Bonchev–Trinajstić information content (AvgIpc) is 3.08. The fourth-order valence-corrected chi connectivity index (χ4v) is 3.15. The lowest BCUT2D eigenvalue weighted by Crippen LogP contribution is -2.36. The van der Waals surface area contributed by atoms with Crippen molar-refractivity contribution in [2.24, 2.45) is 12.0 Å². The molecule has 0 aliphatic heterocycles. The molecule has 1 heterocycles. The highest BCUT2D eigenvalue weighted by Gasteiger charge is 2.14. The van der Waals surface area contributed by atoms with Crippen LogP contribution in [-0.4, -0.2) is 33.9 Å². The van der Waals surface area contributed by atoms with Gasteiger partial charge in [-0.3, -0.25) is 9.67 Å². The van der Waals surface area contributed by atoms with E-state index >= 15 is 0 Å². The Morgan fingerprint density at radius 2 is 2.04 bits per heavy atom. The van der Waals surface area contributed by atoms with Gasteiger partial charge in [0.1, 0.15) is 17.9 Å². The summed E-state index contributed by atoms with van der Waals surface area (Å²) in [5.41, 5.74) is 1.17. The van der Waals surface area contributed by atoms with Crippen molar-refractivity contribution in [3.63, 3.8) is 0 Å². The van der Waals surface area contributed by atoms with E-state index in [1.54, 1.807) is 18.1 Å². The lowest BCUT2D eigenvalue weighted by atomic mass is 9.98. The SMILES string of the molecule is CN=C(NCc1cccc(OC2CCCCC2)c1)NCc1ncnn1C. The van der Waals surface area contributed by atoms with Crippen molar-refractivity contribution < 1.29 is 4.74 Å². The van der Waals surface area contributed by atoms with E-state index in [4.69, 9.17) is 4.74 Å². The van der Waals surface area contributed by atoms with E-state index in [-0.39, 0.29) is 0 Å². The van der Waals surface area contributed by atoms with Crippen molar-refractivity contribution in [2.75, 3.05) is 7.05 Å². The molecule has 26 heavy (non-hydrogen) atoms. The Morgan fingerprint density at radius 1 is 1.23 bits per heavy atom. The number of hydrogen-bond donors (Lipinski definition) is 2. The maximum absolute atomic E-state index is 6.15. The number of aliphatic imine (C=N–C) groups is 1. The molecule has 0 atom stereocenters. The summed E-state index contributed by atoms with van der Waals surface area (Å²) < 4.78 is 7.89. The summed E-state index contributed by atoms with van der Waals surface area (Å²) in [5.74, 6) is 2.54. The summed E-state index contributed by atoms with van der Waals surface area (Å²) in [7, 11) is 3.63. The number of nitrogens with zero attached hydrogens (tertiary/aromatic N) is 4. The molecule has 1 fully saturated rings. The lowest BCUT2D eigenvalue weighted by Gasteiger charge is -2.23. The van der Waals surface area contributed by atoms with Gasteiger partial charge in [0.15, 0.2) is 5.96 Å². The highest BCUT2D eigenvalue weighted by Crippen LogP contribution is 2.23. The van der Waals surface area contributed by atoms with Crippen LogP contribution in [0.4, 0.5) is 0 Å². The Morgan fingerprint density at radius 3 is 2.77 bits per heavy atom. The molecular weight excluding hydrogens is 328 g/mol. The van der Waals surface area contributed by atoms with Crippen LogP contribution in [0.1, 0.15) is 43.5 Å². The minimum absolute atomic E-state index is 0.368. The van der Waals surface area contributed by atoms with Gasteiger partial charge in [-0.25, -0.2) is 4.98 Å². The van der Waals surface area contributed by atoms with E-state index < -0.39 is 0 Å². The van der Waals surface area contributed by atoms with Gasteiger partial charge in [-0.2, -0.15) is 5.10 Å². The number of hydrogen-bond acceptors (Lipinski definition) is 4. The molecule has 0 saturated heterocycles. The standard InChI is InChI=1S/C19H28N6O/c1-20-19(22-13-18-23-14-24-25(18)2)21-12-15-7-6-10-17(11-15)26-16-8-4-3-5-9-16/h6-7,10-11,14,16H,3-5,8-9,12-13H2,1-2H3,(H2,20,21,22). The number of nitrogens with one attached hydrogen (secondary N) is 2. The van der Waals surface area contributed by atoms with Crippen molar-refractivity contribution >= 4 is 5.96 Å². The molecule has 0 amide bonds. The molecule has 0 radical (unpaired) electrons. The molecule has 2 N–H and O–H groups in total. The monoisotopic (exact) mass is 356 g/mol. The van der Waals surface area contributed by atoms with Gasteiger partial charge in [0.05, 0.1) is 12.6 Å². The van der Waals surface area contributed by atoms with Gasteiger partial charge in [-0.05, 0) is 43.4 Å². The molecule has 1 aromatic carbocycles. The molecule has 0 unspecified atom stereocenters. The van der Waals surface area contributed by atoms with E-state index in [9.17, 15) is 0 Å². The molecule has 7 heteroatoms. The Bertz CT molecular complexity index is 720. The van der Waals surface area contributed by atoms with Crippen molar-refractivity contribution in [1.29, 1.82) is 0 Å². The van der Waals surface area contributed by atoms with E-state index in [0.717, 1.165) is 17.5 Å². The zero-order valence-corrected chi connectivity index (χ0v) is 15.6. The minimum Gasteiger partial charge on any atom is -0.490 e. The number of aromatic nitrogens is 3. The number of benzene rings is 1. The van der Waals surface area contributed by atoms with Crippen LogP contribution in [0.5, 0.6) is 5.75 Å². The predicted octanol–water partition coefficient (Wildman–Crippen LogP) is 2.39. The molecule has 1 aliphatic rings. The molecule has 0 bridgehead atoms. The normalized spacial score (nSPS) is 15.7. The molecule has 1 saturated carbocycles.